The van der Waals surface area contributed by atoms with Crippen LogP contribution in [-0.4, -0.2) is 12.0 Å². The van der Waals surface area contributed by atoms with Gasteiger partial charge in [-0.25, -0.2) is 4.98 Å². The zero-order valence-corrected chi connectivity index (χ0v) is 15.1. The van der Waals surface area contributed by atoms with Gasteiger partial charge in [-0.15, -0.1) is 0 Å². The summed E-state index contributed by atoms with van der Waals surface area (Å²) in [6.45, 7) is 0.629. The van der Waals surface area contributed by atoms with Crippen molar-refractivity contribution in [1.29, 1.82) is 0 Å². The van der Waals surface area contributed by atoms with E-state index in [1.54, 1.807) is 18.3 Å². The molecule has 1 heterocycles. The number of rotatable bonds is 4. The lowest BCUT2D eigenvalue weighted by Gasteiger charge is -2.12. The summed E-state index contributed by atoms with van der Waals surface area (Å²) < 4.78 is 7.38. The molecule has 20 heavy (non-hydrogen) atoms. The fourth-order valence-electron chi connectivity index (χ4n) is 1.56. The molecule has 0 amide bonds. The van der Waals surface area contributed by atoms with Crippen LogP contribution < -0.4 is 10.1 Å². The third kappa shape index (κ3) is 3.86. The van der Waals surface area contributed by atoms with Crippen molar-refractivity contribution in [3.05, 3.63) is 49.0 Å². The molecule has 3 nitrogen and oxygen atoms in total. The summed E-state index contributed by atoms with van der Waals surface area (Å²) in [6, 6.07) is 5.28. The lowest BCUT2D eigenvalue weighted by atomic mass is 10.2. The monoisotopic (exact) mass is 438 g/mol. The topological polar surface area (TPSA) is 34.2 Å². The summed E-state index contributed by atoms with van der Waals surface area (Å²) in [5.74, 6) is 0.954. The molecule has 0 fully saturated rings. The molecule has 0 saturated heterocycles. The van der Waals surface area contributed by atoms with Gasteiger partial charge < -0.3 is 10.1 Å². The highest BCUT2D eigenvalue weighted by Gasteiger charge is 2.12. The molecule has 0 radical (unpaired) electrons. The number of benzene rings is 1. The van der Waals surface area contributed by atoms with Gasteiger partial charge in [0.1, 0.15) is 5.75 Å². The number of nitrogens with one attached hydrogen (secondary N) is 1. The first-order valence-corrected chi connectivity index (χ1v) is 7.97. The first kappa shape index (κ1) is 16.0. The van der Waals surface area contributed by atoms with E-state index in [-0.39, 0.29) is 0 Å². The fourth-order valence-corrected chi connectivity index (χ4v) is 2.77. The van der Waals surface area contributed by atoms with Crippen molar-refractivity contribution in [2.24, 2.45) is 0 Å². The summed E-state index contributed by atoms with van der Waals surface area (Å²) in [5, 5.41) is 4.05. The minimum absolute atomic E-state index is 0.460. The van der Waals surface area contributed by atoms with Crippen LogP contribution in [0.1, 0.15) is 5.56 Å². The van der Waals surface area contributed by atoms with Crippen molar-refractivity contribution in [1.82, 2.24) is 10.3 Å². The summed E-state index contributed by atoms with van der Waals surface area (Å²) in [4.78, 5) is 4.26. The molecule has 0 aliphatic carbocycles. The fraction of sp³-hybridized carbons (Fsp3) is 0.154. The Balaban J connectivity index is 2.37. The predicted octanol–water partition coefficient (Wildman–Crippen LogP) is 5.43. The third-order valence-electron chi connectivity index (χ3n) is 2.44. The molecule has 106 valence electrons. The van der Waals surface area contributed by atoms with E-state index in [2.05, 4.69) is 42.2 Å². The molecule has 0 atom stereocenters. The van der Waals surface area contributed by atoms with Gasteiger partial charge in [0, 0.05) is 33.3 Å². The molecular formula is C13H10Br2Cl2N2O. The van der Waals surface area contributed by atoms with Crippen molar-refractivity contribution >= 4 is 55.1 Å². The van der Waals surface area contributed by atoms with Crippen molar-refractivity contribution in [2.75, 3.05) is 7.05 Å². The summed E-state index contributed by atoms with van der Waals surface area (Å²) in [6.07, 6.45) is 1.67. The van der Waals surface area contributed by atoms with Crippen molar-refractivity contribution in [3.63, 3.8) is 0 Å². The van der Waals surface area contributed by atoms with Crippen LogP contribution in [0.4, 0.5) is 0 Å². The molecule has 2 rings (SSSR count). The van der Waals surface area contributed by atoms with E-state index < -0.39 is 0 Å². The van der Waals surface area contributed by atoms with Crippen LogP contribution in [0.3, 0.4) is 0 Å². The molecule has 7 heteroatoms. The quantitative estimate of drug-likeness (QED) is 0.644. The molecule has 1 N–H and O–H groups in total. The maximum Gasteiger partial charge on any atom is 0.223 e. The third-order valence-corrected chi connectivity index (χ3v) is 4.37. The van der Waals surface area contributed by atoms with Crippen molar-refractivity contribution in [3.8, 4) is 11.6 Å². The second-order valence-electron chi connectivity index (χ2n) is 3.95. The molecule has 0 aliphatic rings. The van der Waals surface area contributed by atoms with E-state index in [0.717, 1.165) is 14.5 Å². The Labute approximate surface area is 143 Å². The Hall–Kier alpha value is -0.330. The van der Waals surface area contributed by atoms with Gasteiger partial charge in [-0.1, -0.05) is 23.2 Å². The number of hydrogen-bond acceptors (Lipinski definition) is 3. The number of halogens is 4. The molecule has 0 bridgehead atoms. The number of pyridine rings is 1. The molecule has 1 aromatic heterocycles. The van der Waals surface area contributed by atoms with Gasteiger partial charge in [0.15, 0.2) is 0 Å². The molecule has 2 aromatic rings. The highest BCUT2D eigenvalue weighted by atomic mass is 79.9. The number of hydrogen-bond donors (Lipinski definition) is 1. The molecule has 0 unspecified atom stereocenters. The maximum atomic E-state index is 6.15. The molecule has 0 saturated carbocycles. The summed E-state index contributed by atoms with van der Waals surface area (Å²) in [7, 11) is 1.86. The first-order chi connectivity index (χ1) is 9.51. The average Bonchev–Trinajstić information content (AvgIpc) is 2.39. The minimum atomic E-state index is 0.460. The van der Waals surface area contributed by atoms with E-state index in [1.807, 2.05) is 13.1 Å². The van der Waals surface area contributed by atoms with Gasteiger partial charge in [-0.2, -0.15) is 0 Å². The second-order valence-corrected chi connectivity index (χ2v) is 6.53. The Bertz CT molecular complexity index is 638. The Kier molecular flexibility index (Phi) is 5.69. The maximum absolute atomic E-state index is 6.15. The van der Waals surface area contributed by atoms with Crippen LogP contribution in [-0.2, 0) is 6.54 Å². The molecule has 1 aromatic carbocycles. The van der Waals surface area contributed by atoms with Crippen molar-refractivity contribution in [2.45, 2.75) is 6.54 Å². The van der Waals surface area contributed by atoms with Gasteiger partial charge in [0.05, 0.1) is 10.0 Å². The smallest absolute Gasteiger partial charge is 0.223 e. The van der Waals surface area contributed by atoms with Crippen LogP contribution in [0.5, 0.6) is 11.6 Å². The van der Waals surface area contributed by atoms with Gasteiger partial charge >= 0.3 is 0 Å². The highest BCUT2D eigenvalue weighted by Crippen LogP contribution is 2.37. The standard InChI is InChI=1S/C13H10Br2Cl2N2O/c1-18-5-7-2-8(14)6-19-13(7)20-12-4-10(16)9(15)3-11(12)17/h2-4,6,18H,5H2,1H3. The molecule has 0 spiro atoms. The first-order valence-electron chi connectivity index (χ1n) is 5.62. The van der Waals surface area contributed by atoms with Gasteiger partial charge in [-0.3, -0.25) is 0 Å². The van der Waals surface area contributed by atoms with Crippen LogP contribution in [0.15, 0.2) is 33.3 Å². The van der Waals surface area contributed by atoms with E-state index in [1.165, 1.54) is 0 Å². The zero-order valence-electron chi connectivity index (χ0n) is 10.4. The Morgan fingerprint density at radius 2 is 1.95 bits per heavy atom. The van der Waals surface area contributed by atoms with Crippen LogP contribution in [0.2, 0.25) is 10.0 Å². The molecular weight excluding hydrogens is 431 g/mol. The Morgan fingerprint density at radius 1 is 1.20 bits per heavy atom. The van der Waals surface area contributed by atoms with E-state index in [4.69, 9.17) is 27.9 Å². The lowest BCUT2D eigenvalue weighted by molar-refractivity contribution is 0.454. The second kappa shape index (κ2) is 7.09. The average molecular weight is 441 g/mol. The predicted molar refractivity (Wildman–Crippen MR) is 88.9 cm³/mol. The van der Waals surface area contributed by atoms with Crippen LogP contribution >= 0.6 is 55.1 Å². The van der Waals surface area contributed by atoms with Gasteiger partial charge in [0.2, 0.25) is 5.88 Å². The number of aromatic nitrogens is 1. The number of nitrogens with zero attached hydrogens (tertiary/aromatic N) is 1. The van der Waals surface area contributed by atoms with Gasteiger partial charge in [0.25, 0.3) is 0 Å². The SMILES string of the molecule is CNCc1cc(Br)cnc1Oc1cc(Cl)c(Br)cc1Cl. The largest absolute Gasteiger partial charge is 0.437 e. The summed E-state index contributed by atoms with van der Waals surface area (Å²) in [5.41, 5.74) is 0.914. The zero-order chi connectivity index (χ0) is 14.7. The Morgan fingerprint density at radius 3 is 2.65 bits per heavy atom. The van der Waals surface area contributed by atoms with Crippen LogP contribution in [0.25, 0.3) is 0 Å². The van der Waals surface area contributed by atoms with E-state index >= 15 is 0 Å². The number of ether oxygens (including phenoxy) is 1. The van der Waals surface area contributed by atoms with Crippen molar-refractivity contribution < 1.29 is 4.74 Å². The van der Waals surface area contributed by atoms with Crippen LogP contribution in [0, 0.1) is 0 Å². The highest BCUT2D eigenvalue weighted by molar-refractivity contribution is 9.10. The van der Waals surface area contributed by atoms with E-state index in [9.17, 15) is 0 Å². The molecule has 0 aliphatic heterocycles. The summed E-state index contributed by atoms with van der Waals surface area (Å²) >= 11 is 18.9. The lowest BCUT2D eigenvalue weighted by Crippen LogP contribution is -2.07. The minimum Gasteiger partial charge on any atom is -0.437 e. The van der Waals surface area contributed by atoms with Gasteiger partial charge in [-0.05, 0) is 51.0 Å². The normalized spacial score (nSPS) is 10.7. The van der Waals surface area contributed by atoms with E-state index in [0.29, 0.717) is 28.2 Å².